The van der Waals surface area contributed by atoms with Crippen molar-refractivity contribution in [1.29, 1.82) is 0 Å². The molecule has 0 bridgehead atoms. The minimum Gasteiger partial charge on any atom is -0.458 e. The molecule has 0 aromatic heterocycles. The summed E-state index contributed by atoms with van der Waals surface area (Å²) in [5.41, 5.74) is 1.02. The van der Waals surface area contributed by atoms with Gasteiger partial charge in [-0.25, -0.2) is 0 Å². The van der Waals surface area contributed by atoms with Crippen LogP contribution >= 0.6 is 0 Å². The van der Waals surface area contributed by atoms with Gasteiger partial charge in [-0.05, 0) is 41.8 Å². The quantitative estimate of drug-likeness (QED) is 0.0666. The first-order valence-corrected chi connectivity index (χ1v) is 25.3. The highest BCUT2D eigenvalue weighted by atomic mass is 28.4. The molecule has 0 unspecified atom stereocenters. The summed E-state index contributed by atoms with van der Waals surface area (Å²) in [6.45, 7) is 21.2. The molecule has 0 N–H and O–H groups in total. The zero-order valence-electron chi connectivity index (χ0n) is 35.8. The molecule has 0 aliphatic carbocycles. The number of rotatable bonds is 26. The van der Waals surface area contributed by atoms with Gasteiger partial charge in [0.15, 0.2) is 22.7 Å². The van der Waals surface area contributed by atoms with E-state index in [9.17, 15) is 9.59 Å². The number of methoxy groups -OCH3 is 3. The molecule has 1 heterocycles. The van der Waals surface area contributed by atoms with Crippen molar-refractivity contribution >= 4 is 28.6 Å². The fourth-order valence-electron chi connectivity index (χ4n) is 8.15. The van der Waals surface area contributed by atoms with Gasteiger partial charge in [-0.3, -0.25) is 9.59 Å². The molecule has 1 saturated heterocycles. The second-order valence-corrected chi connectivity index (χ2v) is 24.4. The third-order valence-corrected chi connectivity index (χ3v) is 21.3. The van der Waals surface area contributed by atoms with Gasteiger partial charge in [0.2, 0.25) is 5.79 Å². The summed E-state index contributed by atoms with van der Waals surface area (Å²) in [5, 5.41) is 0. The van der Waals surface area contributed by atoms with Gasteiger partial charge < -0.3 is 42.0 Å². The lowest BCUT2D eigenvalue weighted by molar-refractivity contribution is -0.370. The van der Waals surface area contributed by atoms with Crippen LogP contribution in [0.5, 0.6) is 0 Å². The molecule has 2 rings (SSSR count). The van der Waals surface area contributed by atoms with Gasteiger partial charge in [0.05, 0.1) is 44.2 Å². The lowest BCUT2D eigenvalue weighted by atomic mass is 9.76. The summed E-state index contributed by atoms with van der Waals surface area (Å²) in [6.07, 6.45) is -3.04. The van der Waals surface area contributed by atoms with E-state index in [-0.39, 0.29) is 31.2 Å². The van der Waals surface area contributed by atoms with Crippen LogP contribution in [-0.4, -0.2) is 106 Å². The van der Waals surface area contributed by atoms with Crippen LogP contribution < -0.4 is 0 Å². The Morgan fingerprint density at radius 1 is 0.796 bits per heavy atom. The van der Waals surface area contributed by atoms with E-state index in [2.05, 4.69) is 48.5 Å². The maximum Gasteiger partial charge on any atom is 0.303 e. The van der Waals surface area contributed by atoms with Crippen molar-refractivity contribution in [3.63, 3.8) is 0 Å². The van der Waals surface area contributed by atoms with Crippen LogP contribution in [-0.2, 0) is 58.2 Å². The molecule has 1 fully saturated rings. The van der Waals surface area contributed by atoms with Crippen molar-refractivity contribution in [3.05, 3.63) is 35.9 Å². The van der Waals surface area contributed by atoms with Gasteiger partial charge in [-0.1, -0.05) is 85.7 Å². The second-order valence-electron chi connectivity index (χ2n) is 15.0. The molecule has 9 atom stereocenters. The normalized spacial score (nSPS) is 24.4. The first kappa shape index (κ1) is 48.5. The molecule has 1 aromatic rings. The van der Waals surface area contributed by atoms with Gasteiger partial charge >= 0.3 is 11.9 Å². The van der Waals surface area contributed by atoms with Crippen LogP contribution in [0, 0.1) is 11.8 Å². The third-order valence-electron chi connectivity index (χ3n) is 12.0. The third kappa shape index (κ3) is 12.9. The second kappa shape index (κ2) is 23.5. The van der Waals surface area contributed by atoms with E-state index in [1.54, 1.807) is 21.3 Å². The summed E-state index contributed by atoms with van der Waals surface area (Å²) < 4.78 is 58.1. The van der Waals surface area contributed by atoms with E-state index >= 15 is 0 Å². The van der Waals surface area contributed by atoms with E-state index in [4.69, 9.17) is 42.0 Å². The maximum atomic E-state index is 13.1. The molecule has 0 amide bonds. The predicted molar refractivity (Wildman–Crippen MR) is 216 cm³/mol. The Labute approximate surface area is 329 Å². The Hall–Kier alpha value is -1.69. The average molecular weight is 799 g/mol. The molecule has 1 aromatic carbocycles. The molecule has 11 nitrogen and oxygen atoms in total. The molecule has 1 aliphatic heterocycles. The van der Waals surface area contributed by atoms with Crippen LogP contribution in [0.25, 0.3) is 0 Å². The van der Waals surface area contributed by atoms with Crippen LogP contribution in [0.15, 0.2) is 30.3 Å². The Balaban J connectivity index is 2.71. The predicted octanol–water partition coefficient (Wildman–Crippen LogP) is 8.30. The van der Waals surface area contributed by atoms with Crippen molar-refractivity contribution in [3.8, 4) is 0 Å². The molecule has 0 saturated carbocycles. The van der Waals surface area contributed by atoms with E-state index in [0.29, 0.717) is 19.6 Å². The number of esters is 2. The number of carbonyl (C=O) groups excluding carboxylic acids is 2. The number of hydrogen-bond acceptors (Lipinski definition) is 11. The average Bonchev–Trinajstić information content (AvgIpc) is 3.17. The zero-order chi connectivity index (χ0) is 40.5. The van der Waals surface area contributed by atoms with Gasteiger partial charge in [0, 0.05) is 59.9 Å². The minimum absolute atomic E-state index is 0.0769. The highest BCUT2D eigenvalue weighted by molar-refractivity contribution is 6.74. The van der Waals surface area contributed by atoms with Crippen molar-refractivity contribution in [2.24, 2.45) is 11.8 Å². The Morgan fingerprint density at radius 2 is 1.37 bits per heavy atom. The lowest BCUT2D eigenvalue weighted by Crippen LogP contribution is -2.68. The highest BCUT2D eigenvalue weighted by Crippen LogP contribution is 2.47. The zero-order valence-corrected chi connectivity index (χ0v) is 37.8. The van der Waals surface area contributed by atoms with E-state index in [1.807, 2.05) is 37.3 Å². The fourth-order valence-corrected chi connectivity index (χ4v) is 14.0. The lowest BCUT2D eigenvalue weighted by Gasteiger charge is -2.56. The van der Waals surface area contributed by atoms with Crippen molar-refractivity contribution in [2.75, 3.05) is 34.5 Å². The smallest absolute Gasteiger partial charge is 0.303 e. The van der Waals surface area contributed by atoms with E-state index in [1.165, 1.54) is 13.8 Å². The van der Waals surface area contributed by atoms with Crippen molar-refractivity contribution in [2.45, 2.75) is 167 Å². The molecule has 0 radical (unpaired) electrons. The maximum absolute atomic E-state index is 13.1. The molecule has 1 aliphatic rings. The number of benzene rings is 1. The molecule has 312 valence electrons. The number of hydrogen-bond donors (Lipinski definition) is 0. The van der Waals surface area contributed by atoms with Crippen LogP contribution in [0.4, 0.5) is 0 Å². The van der Waals surface area contributed by atoms with Crippen LogP contribution in [0.3, 0.4) is 0 Å². The first-order valence-electron chi connectivity index (χ1n) is 20.3. The Morgan fingerprint density at radius 3 is 1.85 bits per heavy atom. The van der Waals surface area contributed by atoms with Gasteiger partial charge in [0.25, 0.3) is 0 Å². The summed E-state index contributed by atoms with van der Waals surface area (Å²) in [5.74, 6) is -3.19. The van der Waals surface area contributed by atoms with Crippen LogP contribution in [0.2, 0.25) is 36.3 Å². The molecule has 0 spiro atoms. The van der Waals surface area contributed by atoms with Gasteiger partial charge in [-0.2, -0.15) is 0 Å². The minimum atomic E-state index is -2.19. The number of carbonyl (C=O) groups is 2. The Kier molecular flexibility index (Phi) is 21.1. The first-order chi connectivity index (χ1) is 25.7. The molecular weight excluding hydrogens is 725 g/mol. The number of ether oxygens (including phenoxy) is 7. The summed E-state index contributed by atoms with van der Waals surface area (Å²) in [4.78, 5) is 25.9. The summed E-state index contributed by atoms with van der Waals surface area (Å²) >= 11 is 0. The molecule has 13 heteroatoms. The van der Waals surface area contributed by atoms with Crippen molar-refractivity contribution in [1.82, 2.24) is 0 Å². The topological polar surface area (TPSA) is 117 Å². The van der Waals surface area contributed by atoms with E-state index < -0.39 is 64.7 Å². The molecular formula is C41H74O11Si2. The SMILES string of the molecule is CC[Si](CC)(CC)O[C@@H](COC)C[C@H]1O[C@@](OC)([C@H](OC(C)=O)[C@H](C[C@@H](COCc2ccccc2)OC)OC(C)=O)[C@H](C)[C@@H](O[Si](CC)(CC)CC)[C@H]1C. The van der Waals surface area contributed by atoms with E-state index in [0.717, 1.165) is 41.8 Å². The van der Waals surface area contributed by atoms with Crippen molar-refractivity contribution < 1.29 is 51.6 Å². The largest absolute Gasteiger partial charge is 0.458 e. The van der Waals surface area contributed by atoms with Crippen LogP contribution in [0.1, 0.15) is 87.6 Å². The standard InChI is InChI=1S/C41H74O11Si2/c1-14-53(15-2,16-3)51-36(28-44-11)26-37-30(7)39(52-54(17-4,18-5)19-6)31(8)41(46-13,50-37)40(49-33(10)43)38(48-32(9)42)25-35(45-12)29-47-27-34-23-21-20-22-24-34/h20-24,30-31,35-40H,14-19,25-29H2,1-13H3/t30-,31+,35-,36+,37+,38-,39-,40+,41+/m0/s1. The van der Waals surface area contributed by atoms with Gasteiger partial charge in [-0.15, -0.1) is 0 Å². The Bertz CT molecular complexity index is 1200. The molecule has 54 heavy (non-hydrogen) atoms. The fraction of sp³-hybridized carbons (Fsp3) is 0.805. The monoisotopic (exact) mass is 798 g/mol. The summed E-state index contributed by atoms with van der Waals surface area (Å²) in [7, 11) is 0.624. The highest BCUT2D eigenvalue weighted by Gasteiger charge is 2.61. The summed E-state index contributed by atoms with van der Waals surface area (Å²) in [6, 6.07) is 15.7. The van der Waals surface area contributed by atoms with Gasteiger partial charge in [0.1, 0.15) is 6.10 Å².